The fraction of sp³-hybridized carbons (Fsp3) is 0.750. The molecule has 4 nitrogen and oxygen atoms in total. The molecule has 21 heavy (non-hydrogen) atoms. The summed E-state index contributed by atoms with van der Waals surface area (Å²) in [5, 5.41) is 3.42. The van der Waals surface area contributed by atoms with E-state index in [1.165, 1.54) is 12.8 Å². The molecule has 1 fully saturated rings. The number of rotatable bonds is 8. The minimum Gasteiger partial charge on any atom is -0.370 e. The largest absolute Gasteiger partial charge is 0.370 e. The lowest BCUT2D eigenvalue weighted by Gasteiger charge is -2.29. The summed E-state index contributed by atoms with van der Waals surface area (Å²) in [6.07, 6.45) is 5.26. The van der Waals surface area contributed by atoms with Crippen molar-refractivity contribution in [2.24, 2.45) is 0 Å². The monoisotopic (exact) mass is 355 g/mol. The van der Waals surface area contributed by atoms with Crippen LogP contribution in [0.4, 0.5) is 5.82 Å². The van der Waals surface area contributed by atoms with Crippen LogP contribution in [-0.2, 0) is 10.3 Å². The summed E-state index contributed by atoms with van der Waals surface area (Å²) >= 11 is 3.69. The molecular weight excluding hydrogens is 330 g/mol. The first-order valence-corrected chi connectivity index (χ1v) is 8.78. The van der Waals surface area contributed by atoms with Crippen molar-refractivity contribution in [2.75, 3.05) is 19.0 Å². The molecule has 1 saturated carbocycles. The van der Waals surface area contributed by atoms with Crippen LogP contribution in [0.1, 0.15) is 70.3 Å². The minimum absolute atomic E-state index is 0.382. The van der Waals surface area contributed by atoms with Crippen LogP contribution >= 0.6 is 15.9 Å². The molecule has 1 aromatic heterocycles. The third kappa shape index (κ3) is 3.39. The van der Waals surface area contributed by atoms with Crippen molar-refractivity contribution in [3.63, 3.8) is 0 Å². The van der Waals surface area contributed by atoms with E-state index in [2.05, 4.69) is 42.0 Å². The predicted octanol–water partition coefficient (Wildman–Crippen LogP) is 4.60. The summed E-state index contributed by atoms with van der Waals surface area (Å²) in [4.78, 5) is 9.64. The fourth-order valence-corrected chi connectivity index (χ4v) is 3.24. The first-order valence-electron chi connectivity index (χ1n) is 7.98. The molecule has 1 aliphatic carbocycles. The summed E-state index contributed by atoms with van der Waals surface area (Å²) in [5.74, 6) is 2.30. The molecular formula is C16H26BrN3O. The number of aromatic nitrogens is 2. The smallest absolute Gasteiger partial charge is 0.162 e. The van der Waals surface area contributed by atoms with Gasteiger partial charge in [-0.15, -0.1) is 0 Å². The van der Waals surface area contributed by atoms with Crippen LogP contribution in [-0.4, -0.2) is 23.6 Å². The Kier molecular flexibility index (Phi) is 5.60. The van der Waals surface area contributed by atoms with Crippen molar-refractivity contribution < 1.29 is 4.74 Å². The number of anilines is 1. The molecule has 1 N–H and O–H groups in total. The third-order valence-corrected chi connectivity index (χ3v) is 5.11. The van der Waals surface area contributed by atoms with Gasteiger partial charge in [-0.3, -0.25) is 0 Å². The van der Waals surface area contributed by atoms with Crippen LogP contribution in [0.15, 0.2) is 4.47 Å². The van der Waals surface area contributed by atoms with Crippen molar-refractivity contribution in [2.45, 2.75) is 64.4 Å². The maximum atomic E-state index is 5.81. The van der Waals surface area contributed by atoms with Gasteiger partial charge in [0.15, 0.2) is 5.82 Å². The molecule has 0 bridgehead atoms. The van der Waals surface area contributed by atoms with Crippen LogP contribution in [0.2, 0.25) is 0 Å². The third-order valence-electron chi connectivity index (χ3n) is 4.32. The van der Waals surface area contributed by atoms with E-state index in [4.69, 9.17) is 14.7 Å². The van der Waals surface area contributed by atoms with Crippen molar-refractivity contribution in [3.05, 3.63) is 16.0 Å². The molecule has 0 aliphatic heterocycles. The summed E-state index contributed by atoms with van der Waals surface area (Å²) in [5.41, 5.74) is 0.759. The minimum atomic E-state index is -0.382. The molecule has 118 valence electrons. The van der Waals surface area contributed by atoms with Crippen molar-refractivity contribution >= 4 is 21.7 Å². The number of ether oxygens (including phenoxy) is 1. The lowest BCUT2D eigenvalue weighted by molar-refractivity contribution is -0.0292. The van der Waals surface area contributed by atoms with E-state index in [0.717, 1.165) is 47.6 Å². The number of halogens is 1. The number of methoxy groups -OCH3 is 1. The van der Waals surface area contributed by atoms with Crippen molar-refractivity contribution in [1.29, 1.82) is 0 Å². The maximum Gasteiger partial charge on any atom is 0.162 e. The first kappa shape index (κ1) is 16.7. The number of hydrogen-bond donors (Lipinski definition) is 1. The number of nitrogens with zero attached hydrogens (tertiary/aromatic N) is 2. The van der Waals surface area contributed by atoms with E-state index in [1.807, 2.05) is 0 Å². The molecule has 0 atom stereocenters. The van der Waals surface area contributed by atoms with Crippen LogP contribution < -0.4 is 5.32 Å². The van der Waals surface area contributed by atoms with E-state index in [9.17, 15) is 0 Å². The lowest BCUT2D eigenvalue weighted by Crippen LogP contribution is -2.30. The molecule has 0 radical (unpaired) electrons. The SMILES string of the molecule is CCCNc1nc(C(CC)(CC)OC)nc(C2CC2)c1Br. The van der Waals surface area contributed by atoms with E-state index < -0.39 is 0 Å². The van der Waals surface area contributed by atoms with Gasteiger partial charge in [0, 0.05) is 19.6 Å². The first-order chi connectivity index (χ1) is 10.1. The van der Waals surface area contributed by atoms with Gasteiger partial charge in [0.1, 0.15) is 11.4 Å². The van der Waals surface area contributed by atoms with Gasteiger partial charge in [0.25, 0.3) is 0 Å². The second-order valence-electron chi connectivity index (χ2n) is 5.70. The second kappa shape index (κ2) is 7.05. The topological polar surface area (TPSA) is 47.0 Å². The lowest BCUT2D eigenvalue weighted by atomic mass is 9.95. The van der Waals surface area contributed by atoms with Crippen LogP contribution in [0, 0.1) is 0 Å². The van der Waals surface area contributed by atoms with Crippen molar-refractivity contribution in [1.82, 2.24) is 9.97 Å². The molecule has 2 rings (SSSR count). The molecule has 1 aliphatic rings. The van der Waals surface area contributed by atoms with Gasteiger partial charge in [-0.2, -0.15) is 0 Å². The Morgan fingerprint density at radius 3 is 2.38 bits per heavy atom. The zero-order chi connectivity index (χ0) is 15.5. The normalized spacial score (nSPS) is 15.3. The van der Waals surface area contributed by atoms with E-state index in [0.29, 0.717) is 5.92 Å². The van der Waals surface area contributed by atoms with Crippen LogP contribution in [0.5, 0.6) is 0 Å². The van der Waals surface area contributed by atoms with Gasteiger partial charge in [-0.05, 0) is 48.0 Å². The van der Waals surface area contributed by atoms with Gasteiger partial charge in [-0.1, -0.05) is 20.8 Å². The molecule has 0 saturated heterocycles. The van der Waals surface area contributed by atoms with E-state index in [-0.39, 0.29) is 5.60 Å². The van der Waals surface area contributed by atoms with Gasteiger partial charge in [0.05, 0.1) is 10.2 Å². The van der Waals surface area contributed by atoms with Gasteiger partial charge >= 0.3 is 0 Å². The summed E-state index contributed by atoms with van der Waals surface area (Å²) < 4.78 is 6.84. The molecule has 0 spiro atoms. The molecule has 1 heterocycles. The Morgan fingerprint density at radius 2 is 1.90 bits per heavy atom. The molecule has 1 aromatic rings. The zero-order valence-electron chi connectivity index (χ0n) is 13.5. The molecule has 0 amide bonds. The number of nitrogens with one attached hydrogen (secondary N) is 1. The van der Waals surface area contributed by atoms with E-state index in [1.54, 1.807) is 7.11 Å². The Bertz CT molecular complexity index is 476. The quantitative estimate of drug-likeness (QED) is 0.739. The fourth-order valence-electron chi connectivity index (χ4n) is 2.60. The highest BCUT2D eigenvalue weighted by molar-refractivity contribution is 9.10. The van der Waals surface area contributed by atoms with E-state index >= 15 is 0 Å². The standard InChI is InChI=1S/C16H26BrN3O/c1-5-10-18-14-12(17)13(11-8-9-11)19-15(20-14)16(6-2,7-3)21-4/h11H,5-10H2,1-4H3,(H,18,19,20). The predicted molar refractivity (Wildman–Crippen MR) is 89.8 cm³/mol. The molecule has 0 aromatic carbocycles. The van der Waals surface area contributed by atoms with Crippen molar-refractivity contribution in [3.8, 4) is 0 Å². The number of hydrogen-bond acceptors (Lipinski definition) is 4. The highest BCUT2D eigenvalue weighted by atomic mass is 79.9. The molecule has 0 unspecified atom stereocenters. The zero-order valence-corrected chi connectivity index (χ0v) is 15.1. The summed E-state index contributed by atoms with van der Waals surface area (Å²) in [6, 6.07) is 0. The summed E-state index contributed by atoms with van der Waals surface area (Å²) in [6.45, 7) is 7.34. The van der Waals surface area contributed by atoms with Gasteiger partial charge in [0.2, 0.25) is 0 Å². The summed E-state index contributed by atoms with van der Waals surface area (Å²) in [7, 11) is 1.76. The highest BCUT2D eigenvalue weighted by Crippen LogP contribution is 2.45. The van der Waals surface area contributed by atoms with Crippen LogP contribution in [0.3, 0.4) is 0 Å². The van der Waals surface area contributed by atoms with Gasteiger partial charge < -0.3 is 10.1 Å². The highest BCUT2D eigenvalue weighted by Gasteiger charge is 2.36. The van der Waals surface area contributed by atoms with Gasteiger partial charge in [-0.25, -0.2) is 9.97 Å². The van der Waals surface area contributed by atoms with Crippen LogP contribution in [0.25, 0.3) is 0 Å². The Balaban J connectivity index is 2.47. The maximum absolute atomic E-state index is 5.81. The Hall–Kier alpha value is -0.680. The Morgan fingerprint density at radius 1 is 1.24 bits per heavy atom. The average molecular weight is 356 g/mol. The molecule has 5 heteroatoms. The Labute approximate surface area is 136 Å². The average Bonchev–Trinajstić information content (AvgIpc) is 3.34. The second-order valence-corrected chi connectivity index (χ2v) is 6.49.